The normalized spacial score (nSPS) is 15.6. The highest BCUT2D eigenvalue weighted by molar-refractivity contribution is 5.99. The summed E-state index contributed by atoms with van der Waals surface area (Å²) in [4.78, 5) is 166. The monoisotopic (exact) mass is 1110 g/mol. The van der Waals surface area contributed by atoms with Crippen molar-refractivity contribution in [2.24, 2.45) is 39.6 Å². The fourth-order valence-corrected chi connectivity index (χ4v) is 6.99. The number of aromatic nitrogens is 2. The number of carboxylic acids is 2. The van der Waals surface area contributed by atoms with Crippen molar-refractivity contribution in [2.75, 3.05) is 19.7 Å². The molecular weight excluding hydrogens is 1030 g/mol. The lowest BCUT2D eigenvalue weighted by Crippen LogP contribution is -2.62. The number of aliphatic imine (C=N–C) groups is 1. The van der Waals surface area contributed by atoms with Crippen molar-refractivity contribution in [2.45, 2.75) is 159 Å². The molecule has 78 heavy (non-hydrogen) atoms. The fraction of sp³-hybridized carbons (Fsp3) is 0.644. The van der Waals surface area contributed by atoms with Gasteiger partial charge in [-0.2, -0.15) is 0 Å². The number of hydrogen-bond donors (Lipinski definition) is 19. The van der Waals surface area contributed by atoms with E-state index in [2.05, 4.69) is 62.8 Å². The van der Waals surface area contributed by atoms with E-state index in [0.717, 1.165) is 6.92 Å². The molecular formula is C45H77N17O16. The van der Waals surface area contributed by atoms with E-state index in [4.69, 9.17) is 28.7 Å². The van der Waals surface area contributed by atoms with Crippen LogP contribution in [0.15, 0.2) is 17.5 Å². The van der Waals surface area contributed by atoms with Gasteiger partial charge in [-0.1, -0.05) is 26.7 Å². The SMILES string of the molecule is CC[C@H](C)[C@H](NC(=O)[C@H](CC(=O)O)NC(=O)[C@H](Cc1cnc[nH]1)NC(=O)[C@H](CCCN=C(N)N)NC(=O)[C@H](C)NC(=O)[C@H](C)NC(=O)[C@@H](NC(=O)[C@H](CO)NC(=O)[C@H](CC(N)=O)NC(=O)[C@@H](N)CCCCN)[C@@H](C)O)C(=O)O. The zero-order valence-corrected chi connectivity index (χ0v) is 44.0. The molecule has 438 valence electrons. The van der Waals surface area contributed by atoms with Crippen molar-refractivity contribution in [1.82, 2.24) is 57.8 Å². The van der Waals surface area contributed by atoms with Gasteiger partial charge in [-0.15, -0.1) is 0 Å². The predicted octanol–water partition coefficient (Wildman–Crippen LogP) is -8.28. The van der Waals surface area contributed by atoms with E-state index in [-0.39, 0.29) is 43.9 Å². The maximum Gasteiger partial charge on any atom is 0.326 e. The molecule has 0 spiro atoms. The zero-order chi connectivity index (χ0) is 59.4. The number of nitrogens with two attached hydrogens (primary N) is 5. The van der Waals surface area contributed by atoms with E-state index in [1.54, 1.807) is 6.92 Å². The molecule has 33 nitrogen and oxygen atoms in total. The van der Waals surface area contributed by atoms with Gasteiger partial charge in [0, 0.05) is 24.9 Å². The fourth-order valence-electron chi connectivity index (χ4n) is 6.99. The quantitative estimate of drug-likeness (QED) is 0.0167. The maximum absolute atomic E-state index is 14.0. The second-order valence-electron chi connectivity index (χ2n) is 18.3. The summed E-state index contributed by atoms with van der Waals surface area (Å²) in [5.74, 6) is -14.5. The Balaban J connectivity index is 3.26. The Morgan fingerprint density at radius 1 is 0.615 bits per heavy atom. The first-order chi connectivity index (χ1) is 36.6. The number of H-pyrrole nitrogens is 1. The Kier molecular flexibility index (Phi) is 30.1. The standard InChI is InChI=1S/C45H77N17O16/c1-6-20(2)33(44(77)78)61-41(74)29(16-32(66)67)59-39(72)27(14-24-17-51-19-53-24)58-38(71)26(11-9-13-52-45(49)50)56-36(69)22(4)54-35(68)21(3)55-43(76)34(23(5)64)62-42(75)30(18-63)60-40(73)28(15-31(48)65)57-37(70)25(47)10-7-8-12-46/h17,19-23,25-30,33-34,63-64H,6-16,18,46-47H2,1-5H3,(H2,48,65)(H,51,53)(H,54,68)(H,55,76)(H,56,69)(H,57,70)(H,58,71)(H,59,72)(H,60,73)(H,61,74)(H,62,75)(H,66,67)(H,77,78)(H4,49,50,52)/t20-,21-,22-,23+,25-,26-,27-,28-,29-,30-,33-,34-/m0/s1. The Morgan fingerprint density at radius 3 is 1.64 bits per heavy atom. The van der Waals surface area contributed by atoms with Crippen molar-refractivity contribution >= 4 is 77.0 Å². The molecule has 0 saturated carbocycles. The molecule has 12 atom stereocenters. The topological polar surface area (TPSA) is 565 Å². The number of aromatic amines is 1. The van der Waals surface area contributed by atoms with Gasteiger partial charge in [0.05, 0.1) is 37.9 Å². The molecule has 1 aromatic heterocycles. The summed E-state index contributed by atoms with van der Waals surface area (Å²) in [6.45, 7) is 5.86. The van der Waals surface area contributed by atoms with E-state index < -0.39 is 163 Å². The smallest absolute Gasteiger partial charge is 0.326 e. The highest BCUT2D eigenvalue weighted by Gasteiger charge is 2.36. The van der Waals surface area contributed by atoms with Crippen LogP contribution in [0.4, 0.5) is 0 Å². The molecule has 0 aliphatic heterocycles. The predicted molar refractivity (Wildman–Crippen MR) is 274 cm³/mol. The summed E-state index contributed by atoms with van der Waals surface area (Å²) < 4.78 is 0. The number of carbonyl (C=O) groups is 12. The van der Waals surface area contributed by atoms with Gasteiger partial charge < -0.3 is 102 Å². The van der Waals surface area contributed by atoms with Crippen LogP contribution in [-0.4, -0.2) is 194 Å². The number of carbonyl (C=O) groups excluding carboxylic acids is 10. The summed E-state index contributed by atoms with van der Waals surface area (Å²) in [5.41, 5.74) is 27.7. The lowest BCUT2D eigenvalue weighted by atomic mass is 9.98. The molecule has 33 heteroatoms. The van der Waals surface area contributed by atoms with Crippen molar-refractivity contribution in [3.05, 3.63) is 18.2 Å². The molecule has 0 fully saturated rings. The number of primary amides is 1. The second-order valence-corrected chi connectivity index (χ2v) is 18.3. The van der Waals surface area contributed by atoms with Crippen molar-refractivity contribution in [3.63, 3.8) is 0 Å². The maximum atomic E-state index is 14.0. The number of rotatable bonds is 37. The summed E-state index contributed by atoms with van der Waals surface area (Å²) in [6, 6.07) is -15.8. The Hall–Kier alpha value is -8.04. The molecule has 1 aromatic rings. The molecule has 0 saturated heterocycles. The van der Waals surface area contributed by atoms with Crippen LogP contribution in [0.3, 0.4) is 0 Å². The van der Waals surface area contributed by atoms with Crippen LogP contribution in [-0.2, 0) is 64.0 Å². The van der Waals surface area contributed by atoms with Crippen molar-refractivity contribution in [3.8, 4) is 0 Å². The van der Waals surface area contributed by atoms with Crippen LogP contribution in [0, 0.1) is 5.92 Å². The first-order valence-electron chi connectivity index (χ1n) is 24.8. The average Bonchev–Trinajstić information content (AvgIpc) is 3.88. The highest BCUT2D eigenvalue weighted by Crippen LogP contribution is 2.11. The lowest BCUT2D eigenvalue weighted by molar-refractivity contribution is -0.145. The van der Waals surface area contributed by atoms with Gasteiger partial charge in [-0.3, -0.25) is 57.7 Å². The first kappa shape index (κ1) is 68.0. The number of amides is 10. The number of aliphatic hydroxyl groups excluding tert-OH is 2. The number of nitrogens with zero attached hydrogens (tertiary/aromatic N) is 2. The van der Waals surface area contributed by atoms with Gasteiger partial charge in [0.1, 0.15) is 54.4 Å². The third kappa shape index (κ3) is 24.7. The van der Waals surface area contributed by atoms with Gasteiger partial charge >= 0.3 is 11.9 Å². The molecule has 0 unspecified atom stereocenters. The van der Waals surface area contributed by atoms with Crippen molar-refractivity contribution < 1.29 is 78.0 Å². The molecule has 0 aromatic carbocycles. The van der Waals surface area contributed by atoms with E-state index in [0.29, 0.717) is 25.8 Å². The second kappa shape index (κ2) is 34.6. The third-order valence-corrected chi connectivity index (χ3v) is 11.7. The Labute approximate surface area is 448 Å². The molecule has 0 radical (unpaired) electrons. The number of unbranched alkanes of at least 4 members (excludes halogenated alkanes) is 1. The number of aliphatic hydroxyl groups is 2. The molecule has 0 bridgehead atoms. The van der Waals surface area contributed by atoms with Gasteiger partial charge in [0.2, 0.25) is 59.1 Å². The van der Waals surface area contributed by atoms with Gasteiger partial charge in [-0.05, 0) is 58.9 Å². The first-order valence-corrected chi connectivity index (χ1v) is 24.8. The zero-order valence-electron chi connectivity index (χ0n) is 44.0. The van der Waals surface area contributed by atoms with Crippen LogP contribution >= 0.6 is 0 Å². The minimum atomic E-state index is -1.84. The van der Waals surface area contributed by atoms with Crippen LogP contribution in [0.5, 0.6) is 0 Å². The minimum absolute atomic E-state index is 0.0457. The summed E-state index contributed by atoms with van der Waals surface area (Å²) in [6.07, 6.45) is 0.207. The van der Waals surface area contributed by atoms with E-state index in [1.807, 2.05) is 0 Å². The molecule has 0 aliphatic carbocycles. The van der Waals surface area contributed by atoms with Gasteiger partial charge in [-0.25, -0.2) is 9.78 Å². The van der Waals surface area contributed by atoms with Crippen LogP contribution < -0.4 is 76.5 Å². The summed E-state index contributed by atoms with van der Waals surface area (Å²) in [5, 5.41) is 60.3. The van der Waals surface area contributed by atoms with E-state index >= 15 is 0 Å². The Morgan fingerprint density at radius 2 is 1.12 bits per heavy atom. The molecule has 1 heterocycles. The van der Waals surface area contributed by atoms with Crippen molar-refractivity contribution in [1.29, 1.82) is 0 Å². The number of imidazole rings is 1. The number of hydrogen-bond acceptors (Lipinski definition) is 18. The van der Waals surface area contributed by atoms with E-state index in [1.165, 1.54) is 33.3 Å². The third-order valence-electron chi connectivity index (χ3n) is 11.7. The molecule has 1 rings (SSSR count). The average molecular weight is 1110 g/mol. The molecule has 24 N–H and O–H groups in total. The minimum Gasteiger partial charge on any atom is -0.481 e. The molecule has 10 amide bonds. The number of nitrogens with one attached hydrogen (secondary N) is 10. The van der Waals surface area contributed by atoms with Crippen LogP contribution in [0.25, 0.3) is 0 Å². The number of carboxylic acid groups (broad SMARTS) is 2. The van der Waals surface area contributed by atoms with Gasteiger partial charge in [0.15, 0.2) is 5.96 Å². The lowest BCUT2D eigenvalue weighted by Gasteiger charge is -2.27. The van der Waals surface area contributed by atoms with Gasteiger partial charge in [0.25, 0.3) is 0 Å². The molecule has 0 aliphatic rings. The Bertz CT molecular complexity index is 2250. The highest BCUT2D eigenvalue weighted by atomic mass is 16.4. The van der Waals surface area contributed by atoms with Crippen LogP contribution in [0.1, 0.15) is 91.7 Å². The summed E-state index contributed by atoms with van der Waals surface area (Å²) in [7, 11) is 0. The summed E-state index contributed by atoms with van der Waals surface area (Å²) >= 11 is 0. The largest absolute Gasteiger partial charge is 0.481 e. The van der Waals surface area contributed by atoms with Crippen LogP contribution in [0.2, 0.25) is 0 Å². The number of aliphatic carboxylic acids is 2. The van der Waals surface area contributed by atoms with E-state index in [9.17, 15) is 78.0 Å². The number of guanidine groups is 1.